The minimum absolute atomic E-state index is 0.0604. The average Bonchev–Trinajstić information content (AvgIpc) is 2.38. The molecule has 1 N–H and O–H groups in total. The van der Waals surface area contributed by atoms with Gasteiger partial charge in [-0.1, -0.05) is 18.2 Å². The van der Waals surface area contributed by atoms with Crippen molar-refractivity contribution in [3.63, 3.8) is 0 Å². The van der Waals surface area contributed by atoms with Gasteiger partial charge in [-0.3, -0.25) is 0 Å². The Morgan fingerprint density at radius 2 is 2.11 bits per heavy atom. The van der Waals surface area contributed by atoms with Gasteiger partial charge < -0.3 is 14.8 Å². The van der Waals surface area contributed by atoms with Crippen molar-refractivity contribution in [3.8, 4) is 11.5 Å². The van der Waals surface area contributed by atoms with Gasteiger partial charge in [0.25, 0.3) is 0 Å². The zero-order valence-electron chi connectivity index (χ0n) is 11.2. The van der Waals surface area contributed by atoms with Crippen LogP contribution < -0.4 is 14.8 Å². The summed E-state index contributed by atoms with van der Waals surface area (Å²) in [4.78, 5) is 0. The summed E-state index contributed by atoms with van der Waals surface area (Å²) in [5.41, 5.74) is 0.872. The van der Waals surface area contributed by atoms with Crippen LogP contribution in [0.4, 0.5) is 8.78 Å². The van der Waals surface area contributed by atoms with Crippen LogP contribution in [0.1, 0.15) is 18.9 Å². The molecule has 19 heavy (non-hydrogen) atoms. The second-order valence-corrected chi connectivity index (χ2v) is 3.90. The van der Waals surface area contributed by atoms with Crippen molar-refractivity contribution < 1.29 is 18.3 Å². The van der Waals surface area contributed by atoms with Crippen LogP contribution in [0.5, 0.6) is 11.5 Å². The average molecular weight is 271 g/mol. The molecule has 5 heteroatoms. The molecule has 0 aliphatic heterocycles. The van der Waals surface area contributed by atoms with Gasteiger partial charge in [-0.25, -0.2) is 0 Å². The minimum atomic E-state index is -2.85. The summed E-state index contributed by atoms with van der Waals surface area (Å²) in [6.45, 7) is 0.548. The fraction of sp³-hybridized carbons (Fsp3) is 0.429. The Balaban J connectivity index is 2.59. The zero-order chi connectivity index (χ0) is 14.1. The first-order valence-corrected chi connectivity index (χ1v) is 6.11. The highest BCUT2D eigenvalue weighted by Gasteiger charge is 2.10. The molecule has 0 amide bonds. The molecule has 0 saturated heterocycles. The summed E-state index contributed by atoms with van der Waals surface area (Å²) in [5, 5.41) is 3.22. The lowest BCUT2D eigenvalue weighted by molar-refractivity contribution is -0.0512. The number of halogens is 2. The Morgan fingerprint density at radius 1 is 1.32 bits per heavy atom. The van der Waals surface area contributed by atoms with Crippen LogP contribution in [0, 0.1) is 0 Å². The molecule has 1 aromatic rings. The molecule has 0 aromatic heterocycles. The summed E-state index contributed by atoms with van der Waals surface area (Å²) < 4.78 is 33.9. The van der Waals surface area contributed by atoms with E-state index in [1.807, 2.05) is 19.1 Å². The quantitative estimate of drug-likeness (QED) is 0.581. The van der Waals surface area contributed by atoms with Crippen molar-refractivity contribution in [1.82, 2.24) is 5.32 Å². The van der Waals surface area contributed by atoms with Gasteiger partial charge in [-0.15, -0.1) is 0 Å². The summed E-state index contributed by atoms with van der Waals surface area (Å²) in [7, 11) is 1.42. The predicted octanol–water partition coefficient (Wildman–Crippen LogP) is 3.35. The van der Waals surface area contributed by atoms with E-state index in [9.17, 15) is 8.78 Å². The highest BCUT2D eigenvalue weighted by atomic mass is 19.3. The van der Waals surface area contributed by atoms with Gasteiger partial charge in [0, 0.05) is 6.54 Å². The van der Waals surface area contributed by atoms with Gasteiger partial charge in [0.1, 0.15) is 0 Å². The van der Waals surface area contributed by atoms with Crippen molar-refractivity contribution in [1.29, 1.82) is 0 Å². The molecule has 0 unspecified atom stereocenters. The second-order valence-electron chi connectivity index (χ2n) is 3.90. The largest absolute Gasteiger partial charge is 0.493 e. The molecule has 0 spiro atoms. The molecule has 0 aliphatic rings. The monoisotopic (exact) mass is 271 g/mol. The third-order valence-corrected chi connectivity index (χ3v) is 2.50. The number of hydrogen-bond acceptors (Lipinski definition) is 3. The van der Waals surface area contributed by atoms with Crippen LogP contribution in [0.2, 0.25) is 0 Å². The molecule has 0 fully saturated rings. The number of alkyl halides is 2. The van der Waals surface area contributed by atoms with Gasteiger partial charge in [0.15, 0.2) is 11.5 Å². The SMILES string of the molecule is C/C=C/CCNCc1ccc(OC)c(OC(F)F)c1. The summed E-state index contributed by atoms with van der Waals surface area (Å²) in [6, 6.07) is 5.01. The van der Waals surface area contributed by atoms with Gasteiger partial charge in [0.05, 0.1) is 7.11 Å². The summed E-state index contributed by atoms with van der Waals surface area (Å²) >= 11 is 0. The first-order valence-electron chi connectivity index (χ1n) is 6.11. The molecule has 106 valence electrons. The van der Waals surface area contributed by atoms with E-state index in [2.05, 4.69) is 16.1 Å². The Hall–Kier alpha value is -1.62. The van der Waals surface area contributed by atoms with Gasteiger partial charge in [0.2, 0.25) is 0 Å². The molecule has 1 aromatic carbocycles. The Morgan fingerprint density at radius 3 is 2.74 bits per heavy atom. The lowest BCUT2D eigenvalue weighted by atomic mass is 10.2. The van der Waals surface area contributed by atoms with Crippen molar-refractivity contribution in [2.24, 2.45) is 0 Å². The smallest absolute Gasteiger partial charge is 0.387 e. The number of benzene rings is 1. The van der Waals surface area contributed by atoms with Crippen molar-refractivity contribution in [3.05, 3.63) is 35.9 Å². The molecule has 0 atom stereocenters. The second kappa shape index (κ2) is 8.48. The van der Waals surface area contributed by atoms with Gasteiger partial charge in [-0.05, 0) is 37.6 Å². The number of methoxy groups -OCH3 is 1. The molecule has 0 saturated carbocycles. The Kier molecular flexibility index (Phi) is 6.89. The minimum Gasteiger partial charge on any atom is -0.493 e. The standard InChI is InChI=1S/C14H19F2NO2/c1-3-4-5-8-17-10-11-6-7-12(18-2)13(9-11)19-14(15)16/h3-4,6-7,9,14,17H,5,8,10H2,1-2H3/b4-3+. The van der Waals surface area contributed by atoms with Gasteiger partial charge in [-0.2, -0.15) is 8.78 Å². The highest BCUT2D eigenvalue weighted by molar-refractivity contribution is 5.42. The number of nitrogens with one attached hydrogen (secondary N) is 1. The van der Waals surface area contributed by atoms with E-state index in [0.29, 0.717) is 12.3 Å². The topological polar surface area (TPSA) is 30.5 Å². The Bertz CT molecular complexity index is 408. The molecule has 1 rings (SSSR count). The van der Waals surface area contributed by atoms with Gasteiger partial charge >= 0.3 is 6.61 Å². The van der Waals surface area contributed by atoms with Crippen molar-refractivity contribution in [2.75, 3.05) is 13.7 Å². The molecular weight excluding hydrogens is 252 g/mol. The number of allylic oxidation sites excluding steroid dienone is 1. The van der Waals surface area contributed by atoms with Crippen molar-refractivity contribution >= 4 is 0 Å². The molecule has 0 bridgehead atoms. The fourth-order valence-corrected chi connectivity index (χ4v) is 1.60. The summed E-state index contributed by atoms with van der Waals surface area (Å²) in [6.07, 6.45) is 4.99. The number of ether oxygens (including phenoxy) is 2. The van der Waals surface area contributed by atoms with Crippen LogP contribution >= 0.6 is 0 Å². The van der Waals surface area contributed by atoms with Crippen LogP contribution in [0.3, 0.4) is 0 Å². The first-order chi connectivity index (χ1) is 9.17. The van der Waals surface area contributed by atoms with E-state index in [4.69, 9.17) is 4.74 Å². The van der Waals surface area contributed by atoms with E-state index in [-0.39, 0.29) is 5.75 Å². The van der Waals surface area contributed by atoms with E-state index >= 15 is 0 Å². The number of hydrogen-bond donors (Lipinski definition) is 1. The van der Waals surface area contributed by atoms with Crippen LogP contribution in [-0.4, -0.2) is 20.3 Å². The van der Waals surface area contributed by atoms with Crippen LogP contribution in [0.15, 0.2) is 30.4 Å². The molecule has 0 radical (unpaired) electrons. The lowest BCUT2D eigenvalue weighted by Crippen LogP contribution is -2.14. The van der Waals surface area contributed by atoms with Crippen LogP contribution in [-0.2, 0) is 6.54 Å². The lowest BCUT2D eigenvalue weighted by Gasteiger charge is -2.11. The predicted molar refractivity (Wildman–Crippen MR) is 70.8 cm³/mol. The summed E-state index contributed by atoms with van der Waals surface area (Å²) in [5.74, 6) is 0.364. The molecule has 3 nitrogen and oxygen atoms in total. The molecular formula is C14H19F2NO2. The van der Waals surface area contributed by atoms with E-state index in [1.165, 1.54) is 7.11 Å². The maximum atomic E-state index is 12.3. The van der Waals surface area contributed by atoms with E-state index in [0.717, 1.165) is 18.5 Å². The third-order valence-electron chi connectivity index (χ3n) is 2.50. The third kappa shape index (κ3) is 5.70. The van der Waals surface area contributed by atoms with E-state index in [1.54, 1.807) is 12.1 Å². The normalized spacial score (nSPS) is 11.2. The van der Waals surface area contributed by atoms with Crippen LogP contribution in [0.25, 0.3) is 0 Å². The molecule has 0 aliphatic carbocycles. The van der Waals surface area contributed by atoms with E-state index < -0.39 is 6.61 Å². The number of rotatable bonds is 8. The first kappa shape index (κ1) is 15.4. The fourth-order valence-electron chi connectivity index (χ4n) is 1.60. The maximum Gasteiger partial charge on any atom is 0.387 e. The molecule has 0 heterocycles. The van der Waals surface area contributed by atoms with Crippen molar-refractivity contribution in [2.45, 2.75) is 26.5 Å². The zero-order valence-corrected chi connectivity index (χ0v) is 11.2. The highest BCUT2D eigenvalue weighted by Crippen LogP contribution is 2.29. The Labute approximate surface area is 112 Å². The maximum absolute atomic E-state index is 12.3.